The number of carbonyl (C=O) groups excluding carboxylic acids is 1. The normalized spacial score (nSPS) is 21.3. The Labute approximate surface area is 136 Å². The van der Waals surface area contributed by atoms with E-state index in [0.717, 1.165) is 16.8 Å². The zero-order valence-electron chi connectivity index (χ0n) is 14.0. The number of nitrogens with zero attached hydrogens (tertiary/aromatic N) is 2. The molecular formula is C17H24N2O2S. The summed E-state index contributed by atoms with van der Waals surface area (Å²) in [6.07, 6.45) is 0. The Morgan fingerprint density at radius 3 is 2.50 bits per heavy atom. The second kappa shape index (κ2) is 6.05. The zero-order chi connectivity index (χ0) is 16.7. The number of rotatable bonds is 3. The Kier molecular flexibility index (Phi) is 4.68. The van der Waals surface area contributed by atoms with E-state index in [1.807, 2.05) is 13.0 Å². The highest BCUT2D eigenvalue weighted by atomic mass is 32.2. The van der Waals surface area contributed by atoms with Crippen molar-refractivity contribution in [3.8, 4) is 0 Å². The third kappa shape index (κ3) is 3.06. The summed E-state index contributed by atoms with van der Waals surface area (Å²) in [6, 6.07) is 6.15. The van der Waals surface area contributed by atoms with Gasteiger partial charge in [-0.3, -0.25) is 14.7 Å². The van der Waals surface area contributed by atoms with Crippen molar-refractivity contribution in [2.24, 2.45) is 4.99 Å². The number of aliphatic imine (C=N–C) groups is 1. The molecule has 1 aliphatic rings. The van der Waals surface area contributed by atoms with Crippen LogP contribution in [0.15, 0.2) is 23.2 Å². The number of benzene rings is 1. The molecular weight excluding hydrogens is 296 g/mol. The van der Waals surface area contributed by atoms with Crippen LogP contribution in [0.3, 0.4) is 0 Å². The molecule has 0 bridgehead atoms. The first-order valence-corrected chi connectivity index (χ1v) is 8.35. The van der Waals surface area contributed by atoms with Crippen molar-refractivity contribution in [3.05, 3.63) is 29.3 Å². The van der Waals surface area contributed by atoms with Gasteiger partial charge < -0.3 is 5.11 Å². The Morgan fingerprint density at radius 1 is 1.36 bits per heavy atom. The van der Waals surface area contributed by atoms with Gasteiger partial charge in [-0.25, -0.2) is 0 Å². The van der Waals surface area contributed by atoms with E-state index in [1.54, 1.807) is 25.8 Å². The fourth-order valence-electron chi connectivity index (χ4n) is 2.58. The first kappa shape index (κ1) is 17.0. The average molecular weight is 320 g/mol. The molecule has 120 valence electrons. The predicted molar refractivity (Wildman–Crippen MR) is 93.8 cm³/mol. The van der Waals surface area contributed by atoms with Crippen LogP contribution >= 0.6 is 11.8 Å². The molecule has 1 unspecified atom stereocenters. The first-order valence-electron chi connectivity index (χ1n) is 7.47. The van der Waals surface area contributed by atoms with E-state index >= 15 is 0 Å². The fourth-order valence-corrected chi connectivity index (χ4v) is 3.68. The third-order valence-electron chi connectivity index (χ3n) is 3.74. The number of thioether (sulfide) groups is 1. The number of aryl methyl sites for hydroxylation is 1. The van der Waals surface area contributed by atoms with Gasteiger partial charge in [0.15, 0.2) is 5.17 Å². The van der Waals surface area contributed by atoms with Crippen molar-refractivity contribution in [3.63, 3.8) is 0 Å². The summed E-state index contributed by atoms with van der Waals surface area (Å²) in [4.78, 5) is 18.8. The Hall–Kier alpha value is -1.33. The molecule has 22 heavy (non-hydrogen) atoms. The van der Waals surface area contributed by atoms with E-state index in [0.29, 0.717) is 11.1 Å². The first-order chi connectivity index (χ1) is 10.2. The van der Waals surface area contributed by atoms with Gasteiger partial charge in [-0.1, -0.05) is 37.7 Å². The standard InChI is InChI=1S/C17H24N2O2S/c1-10(2)12-8-7-11(3)9-13(12)19-15(20)14(17(4,5)21)22-16(19)18-6/h7-10,14,21H,1-6H3. The van der Waals surface area contributed by atoms with Gasteiger partial charge in [-0.05, 0) is 43.9 Å². The highest BCUT2D eigenvalue weighted by Gasteiger charge is 2.46. The molecule has 1 fully saturated rings. The van der Waals surface area contributed by atoms with Gasteiger partial charge in [0.1, 0.15) is 5.25 Å². The van der Waals surface area contributed by atoms with Crippen LogP contribution in [0.4, 0.5) is 5.69 Å². The molecule has 0 spiro atoms. The number of hydrogen-bond acceptors (Lipinski definition) is 4. The molecule has 1 heterocycles. The predicted octanol–water partition coefficient (Wildman–Crippen LogP) is 3.32. The van der Waals surface area contributed by atoms with Crippen molar-refractivity contribution in [1.82, 2.24) is 0 Å². The third-order valence-corrected chi connectivity index (χ3v) is 5.33. The topological polar surface area (TPSA) is 52.9 Å². The van der Waals surface area contributed by atoms with E-state index in [4.69, 9.17) is 0 Å². The molecule has 0 saturated carbocycles. The molecule has 1 atom stereocenters. The van der Waals surface area contributed by atoms with Crippen LogP contribution in [0.2, 0.25) is 0 Å². The van der Waals surface area contributed by atoms with Crippen molar-refractivity contribution in [2.45, 2.75) is 51.4 Å². The van der Waals surface area contributed by atoms with Crippen LogP contribution in [0.25, 0.3) is 0 Å². The zero-order valence-corrected chi connectivity index (χ0v) is 14.9. The number of hydrogen-bond donors (Lipinski definition) is 1. The number of anilines is 1. The lowest BCUT2D eigenvalue weighted by molar-refractivity contribution is -0.120. The minimum Gasteiger partial charge on any atom is -0.389 e. The van der Waals surface area contributed by atoms with Gasteiger partial charge in [0.2, 0.25) is 5.91 Å². The largest absolute Gasteiger partial charge is 0.389 e. The Balaban J connectivity index is 2.56. The maximum Gasteiger partial charge on any atom is 0.249 e. The van der Waals surface area contributed by atoms with Crippen molar-refractivity contribution >= 4 is 28.5 Å². The summed E-state index contributed by atoms with van der Waals surface area (Å²) in [6.45, 7) is 9.56. The highest BCUT2D eigenvalue weighted by molar-refractivity contribution is 8.16. The maximum atomic E-state index is 12.9. The minimum absolute atomic E-state index is 0.106. The second-order valence-corrected chi connectivity index (χ2v) is 7.62. The van der Waals surface area contributed by atoms with Gasteiger partial charge >= 0.3 is 0 Å². The summed E-state index contributed by atoms with van der Waals surface area (Å²) in [5.74, 6) is 0.193. The quantitative estimate of drug-likeness (QED) is 0.929. The number of amides is 1. The number of carbonyl (C=O) groups is 1. The summed E-state index contributed by atoms with van der Waals surface area (Å²) < 4.78 is 0. The van der Waals surface area contributed by atoms with E-state index < -0.39 is 10.9 Å². The van der Waals surface area contributed by atoms with Crippen LogP contribution in [0.1, 0.15) is 44.7 Å². The molecule has 0 aliphatic carbocycles. The average Bonchev–Trinajstić information content (AvgIpc) is 2.74. The van der Waals surface area contributed by atoms with Crippen LogP contribution in [0.5, 0.6) is 0 Å². The molecule has 1 amide bonds. The molecule has 1 aliphatic heterocycles. The fraction of sp³-hybridized carbons (Fsp3) is 0.529. The van der Waals surface area contributed by atoms with E-state index in [-0.39, 0.29) is 5.91 Å². The van der Waals surface area contributed by atoms with Gasteiger partial charge in [-0.15, -0.1) is 0 Å². The molecule has 5 heteroatoms. The number of amidine groups is 1. The Morgan fingerprint density at radius 2 is 2.00 bits per heavy atom. The minimum atomic E-state index is -1.09. The van der Waals surface area contributed by atoms with Crippen LogP contribution < -0.4 is 4.90 Å². The van der Waals surface area contributed by atoms with Crippen LogP contribution in [0, 0.1) is 6.92 Å². The molecule has 2 rings (SSSR count). The molecule has 0 aromatic heterocycles. The lowest BCUT2D eigenvalue weighted by Gasteiger charge is -2.25. The van der Waals surface area contributed by atoms with Gasteiger partial charge in [0, 0.05) is 7.05 Å². The molecule has 4 nitrogen and oxygen atoms in total. The van der Waals surface area contributed by atoms with Crippen molar-refractivity contribution in [2.75, 3.05) is 11.9 Å². The lowest BCUT2D eigenvalue weighted by Crippen LogP contribution is -2.42. The SMILES string of the molecule is CN=C1SC(C(C)(C)O)C(=O)N1c1cc(C)ccc1C(C)C. The van der Waals surface area contributed by atoms with Crippen LogP contribution in [-0.2, 0) is 4.79 Å². The van der Waals surface area contributed by atoms with E-state index in [9.17, 15) is 9.90 Å². The second-order valence-electron chi connectivity index (χ2n) is 6.55. The monoisotopic (exact) mass is 320 g/mol. The summed E-state index contributed by atoms with van der Waals surface area (Å²) in [5.41, 5.74) is 1.99. The smallest absolute Gasteiger partial charge is 0.249 e. The van der Waals surface area contributed by atoms with E-state index in [1.165, 1.54) is 11.8 Å². The number of aliphatic hydroxyl groups is 1. The van der Waals surface area contributed by atoms with Gasteiger partial charge in [0.05, 0.1) is 11.3 Å². The molecule has 1 saturated heterocycles. The summed E-state index contributed by atoms with van der Waals surface area (Å²) in [5, 5.41) is 10.4. The lowest BCUT2D eigenvalue weighted by atomic mass is 9.97. The van der Waals surface area contributed by atoms with Gasteiger partial charge in [-0.2, -0.15) is 0 Å². The summed E-state index contributed by atoms with van der Waals surface area (Å²) in [7, 11) is 1.68. The maximum absolute atomic E-state index is 12.9. The molecule has 0 radical (unpaired) electrons. The van der Waals surface area contributed by atoms with Crippen LogP contribution in [-0.4, -0.2) is 34.1 Å². The highest BCUT2D eigenvalue weighted by Crippen LogP contribution is 2.40. The van der Waals surface area contributed by atoms with Crippen molar-refractivity contribution in [1.29, 1.82) is 0 Å². The Bertz CT molecular complexity index is 618. The molecule has 1 N–H and O–H groups in total. The van der Waals surface area contributed by atoms with Gasteiger partial charge in [0.25, 0.3) is 0 Å². The molecule has 1 aromatic carbocycles. The van der Waals surface area contributed by atoms with E-state index in [2.05, 4.69) is 31.0 Å². The van der Waals surface area contributed by atoms with Crippen molar-refractivity contribution < 1.29 is 9.90 Å². The summed E-state index contributed by atoms with van der Waals surface area (Å²) >= 11 is 1.33. The molecule has 1 aromatic rings.